The summed E-state index contributed by atoms with van der Waals surface area (Å²) in [4.78, 5) is 32.4. The first-order valence-corrected chi connectivity index (χ1v) is 24.4. The van der Waals surface area contributed by atoms with Gasteiger partial charge in [0.05, 0.1) is 15.4 Å². The van der Waals surface area contributed by atoms with E-state index in [0.717, 1.165) is 121 Å². The van der Waals surface area contributed by atoms with E-state index in [2.05, 4.69) is 50.7 Å². The highest BCUT2D eigenvalue weighted by Crippen LogP contribution is 2.43. The molecular weight excluding hydrogens is 876 g/mol. The van der Waals surface area contributed by atoms with E-state index in [-0.39, 0.29) is 28.5 Å². The average Bonchev–Trinajstić information content (AvgIpc) is 3.28. The lowest BCUT2D eigenvalue weighted by Crippen LogP contribution is -2.47. The second-order valence-corrected chi connectivity index (χ2v) is 20.7. The van der Waals surface area contributed by atoms with Crippen LogP contribution >= 0.6 is 23.2 Å². The minimum absolute atomic E-state index is 0.0114. The molecule has 0 unspecified atom stereocenters. The van der Waals surface area contributed by atoms with Gasteiger partial charge in [0.1, 0.15) is 17.2 Å². The van der Waals surface area contributed by atoms with E-state index in [1.165, 1.54) is 28.8 Å². The lowest BCUT2D eigenvalue weighted by molar-refractivity contribution is -0.384. The normalized spacial score (nSPS) is 19.3. The Balaban J connectivity index is 0.958. The predicted octanol–water partition coefficient (Wildman–Crippen LogP) is 9.65. The molecule has 1 aliphatic carbocycles. The van der Waals surface area contributed by atoms with Gasteiger partial charge in [-0.3, -0.25) is 19.8 Å². The van der Waals surface area contributed by atoms with Crippen molar-refractivity contribution in [2.45, 2.75) is 75.8 Å². The maximum atomic E-state index is 13.9. The molecular formula is C48H56Cl2N6O7S. The molecule has 16 heteroatoms. The zero-order valence-corrected chi connectivity index (χ0v) is 38.7. The van der Waals surface area contributed by atoms with Crippen LogP contribution in [0.4, 0.5) is 17.1 Å². The first-order chi connectivity index (χ1) is 30.7. The molecule has 0 bridgehead atoms. The number of allylic oxidation sites excluding steroid dienone is 1. The van der Waals surface area contributed by atoms with Gasteiger partial charge < -0.3 is 24.6 Å². The number of likely N-dealkylation sites (tertiary alicyclic amines) is 1. The molecule has 0 spiro atoms. The van der Waals surface area contributed by atoms with Crippen molar-refractivity contribution in [3.8, 4) is 11.5 Å². The number of sulfonamides is 1. The fourth-order valence-corrected chi connectivity index (χ4v) is 10.7. The van der Waals surface area contributed by atoms with Crippen molar-refractivity contribution in [1.82, 2.24) is 14.5 Å². The summed E-state index contributed by atoms with van der Waals surface area (Å²) in [6, 6.07) is 24.1. The monoisotopic (exact) mass is 930 g/mol. The van der Waals surface area contributed by atoms with E-state index in [9.17, 15) is 23.3 Å². The van der Waals surface area contributed by atoms with E-state index >= 15 is 0 Å². The van der Waals surface area contributed by atoms with Crippen LogP contribution < -0.4 is 19.7 Å². The molecule has 0 aromatic heterocycles. The number of amides is 1. The molecule has 3 aliphatic heterocycles. The zero-order valence-electron chi connectivity index (χ0n) is 36.4. The molecule has 2 N–H and O–H groups in total. The van der Waals surface area contributed by atoms with Gasteiger partial charge in [-0.15, -0.1) is 0 Å². The second-order valence-electron chi connectivity index (χ2n) is 18.1. The molecule has 1 amide bonds. The van der Waals surface area contributed by atoms with Gasteiger partial charge >= 0.3 is 0 Å². The molecule has 3 saturated heterocycles. The lowest BCUT2D eigenvalue weighted by atomic mass is 9.72. The summed E-state index contributed by atoms with van der Waals surface area (Å²) >= 11 is 12.5. The molecule has 4 aliphatic rings. The minimum Gasteiger partial charge on any atom is -0.456 e. The maximum Gasteiger partial charge on any atom is 0.293 e. The van der Waals surface area contributed by atoms with Crippen molar-refractivity contribution >= 4 is 61.8 Å². The van der Waals surface area contributed by atoms with Crippen LogP contribution in [0.3, 0.4) is 0 Å². The standard InChI is InChI=1S/C48H56Cl2N6O7S/c1-48(2)19-14-34(43(31-48)33-6-8-35(49)9-7-33)32-53-22-24-55(25-23-53)39-10-12-42(46(29-39)63-40-5-3-4-36(50)28-40)47(57)52-64(60,61)41-11-13-44(45(30-41)56(58)59)51-37-15-20-54(21-16-37)38-17-26-62-27-18-38/h3-13,28-30,37-38,51H,14-27,31-32H2,1-2H3,(H,52,57). The minimum atomic E-state index is -4.56. The van der Waals surface area contributed by atoms with Crippen LogP contribution in [0.5, 0.6) is 11.5 Å². The fourth-order valence-electron chi connectivity index (χ4n) is 9.40. The smallest absolute Gasteiger partial charge is 0.293 e. The number of halogens is 2. The number of hydrogen-bond donors (Lipinski definition) is 2. The average molecular weight is 932 g/mol. The highest BCUT2D eigenvalue weighted by Gasteiger charge is 2.32. The Hall–Kier alpha value is -4.70. The molecule has 64 heavy (non-hydrogen) atoms. The largest absolute Gasteiger partial charge is 0.456 e. The van der Waals surface area contributed by atoms with Crippen molar-refractivity contribution in [3.05, 3.63) is 122 Å². The van der Waals surface area contributed by atoms with E-state index in [1.807, 2.05) is 12.1 Å². The first-order valence-electron chi connectivity index (χ1n) is 22.2. The maximum absolute atomic E-state index is 13.9. The summed E-state index contributed by atoms with van der Waals surface area (Å²) in [5.74, 6) is -0.458. The molecule has 3 heterocycles. The highest BCUT2D eigenvalue weighted by atomic mass is 35.5. The third kappa shape index (κ3) is 11.2. The second kappa shape index (κ2) is 19.8. The Morgan fingerprint density at radius 1 is 0.891 bits per heavy atom. The summed E-state index contributed by atoms with van der Waals surface area (Å²) in [6.07, 6.45) is 6.79. The third-order valence-electron chi connectivity index (χ3n) is 13.1. The Labute approximate surface area is 385 Å². The van der Waals surface area contributed by atoms with Crippen LogP contribution in [0, 0.1) is 15.5 Å². The molecule has 0 radical (unpaired) electrons. The molecule has 0 atom stereocenters. The van der Waals surface area contributed by atoms with Gasteiger partial charge in [-0.1, -0.05) is 60.8 Å². The predicted molar refractivity (Wildman–Crippen MR) is 252 cm³/mol. The van der Waals surface area contributed by atoms with Gasteiger partial charge in [0.15, 0.2) is 0 Å². The number of nitrogens with zero attached hydrogens (tertiary/aromatic N) is 4. The number of piperidine rings is 1. The molecule has 3 fully saturated rings. The SMILES string of the molecule is CC1(C)CCC(CN2CCN(c3ccc(C(=O)NS(=O)(=O)c4ccc(NC5CCN(C6CCOCC6)CC5)c([N+](=O)[O-])c4)c(Oc4cccc(Cl)c4)c3)CC2)=C(c2ccc(Cl)cc2)C1. The van der Waals surface area contributed by atoms with Crippen LogP contribution in [0.2, 0.25) is 10.0 Å². The van der Waals surface area contributed by atoms with Crippen LogP contribution in [0.15, 0.2) is 95.4 Å². The summed E-state index contributed by atoms with van der Waals surface area (Å²) < 4.78 is 41.4. The lowest BCUT2D eigenvalue weighted by Gasteiger charge is -2.39. The number of piperazine rings is 1. The van der Waals surface area contributed by atoms with Gasteiger partial charge in [-0.2, -0.15) is 0 Å². The topological polar surface area (TPSA) is 147 Å². The fraction of sp³-hybridized carbons (Fsp3) is 0.438. The van der Waals surface area contributed by atoms with Crippen LogP contribution in [0.1, 0.15) is 74.7 Å². The Morgan fingerprint density at radius 3 is 2.33 bits per heavy atom. The summed E-state index contributed by atoms with van der Waals surface area (Å²) in [5.41, 5.74) is 4.95. The van der Waals surface area contributed by atoms with Crippen molar-refractivity contribution in [1.29, 1.82) is 0 Å². The Bertz CT molecular complexity index is 2480. The molecule has 8 rings (SSSR count). The van der Waals surface area contributed by atoms with E-state index in [1.54, 1.807) is 42.5 Å². The molecule has 0 saturated carbocycles. The number of carbonyl (C=O) groups is 1. The van der Waals surface area contributed by atoms with Gasteiger partial charge in [0, 0.05) is 99.0 Å². The van der Waals surface area contributed by atoms with Gasteiger partial charge in [0.25, 0.3) is 21.6 Å². The number of hydrogen-bond acceptors (Lipinski definition) is 11. The summed E-state index contributed by atoms with van der Waals surface area (Å²) in [7, 11) is -4.56. The number of nitro groups is 1. The van der Waals surface area contributed by atoms with Crippen LogP contribution in [-0.4, -0.2) is 100 Å². The van der Waals surface area contributed by atoms with Crippen molar-refractivity contribution in [2.24, 2.45) is 5.41 Å². The number of anilines is 2. The number of benzene rings is 4. The van der Waals surface area contributed by atoms with E-state index < -0.39 is 31.4 Å². The molecule has 4 aromatic rings. The number of nitrogens with one attached hydrogen (secondary N) is 2. The van der Waals surface area contributed by atoms with Crippen LogP contribution in [0.25, 0.3) is 5.57 Å². The highest BCUT2D eigenvalue weighted by molar-refractivity contribution is 7.90. The molecule has 340 valence electrons. The van der Waals surface area contributed by atoms with Gasteiger partial charge in [-0.05, 0) is 116 Å². The van der Waals surface area contributed by atoms with E-state index in [4.69, 9.17) is 32.7 Å². The third-order valence-corrected chi connectivity index (χ3v) is 14.9. The molecule has 13 nitrogen and oxygen atoms in total. The van der Waals surface area contributed by atoms with Crippen molar-refractivity contribution in [2.75, 3.05) is 69.2 Å². The van der Waals surface area contributed by atoms with E-state index in [0.29, 0.717) is 16.8 Å². The number of nitro benzene ring substituents is 1. The molecule has 4 aromatic carbocycles. The number of carbonyl (C=O) groups excluding carboxylic acids is 1. The van der Waals surface area contributed by atoms with Gasteiger partial charge in [0.2, 0.25) is 0 Å². The van der Waals surface area contributed by atoms with Crippen LogP contribution in [-0.2, 0) is 14.8 Å². The summed E-state index contributed by atoms with van der Waals surface area (Å²) in [6.45, 7) is 11.9. The van der Waals surface area contributed by atoms with Crippen molar-refractivity contribution in [3.63, 3.8) is 0 Å². The number of rotatable bonds is 13. The Kier molecular flexibility index (Phi) is 14.2. The number of ether oxygens (including phenoxy) is 2. The van der Waals surface area contributed by atoms with Gasteiger partial charge in [-0.25, -0.2) is 13.1 Å². The zero-order chi connectivity index (χ0) is 45.0. The Morgan fingerprint density at radius 2 is 1.62 bits per heavy atom. The van der Waals surface area contributed by atoms with Crippen molar-refractivity contribution < 1.29 is 27.6 Å². The quantitative estimate of drug-likeness (QED) is 0.0976. The first kappa shape index (κ1) is 45.9. The summed E-state index contributed by atoms with van der Waals surface area (Å²) in [5, 5.41) is 16.7.